The quantitative estimate of drug-likeness (QED) is 0.695. The lowest BCUT2D eigenvalue weighted by Crippen LogP contribution is -1.99. The Kier molecular flexibility index (Phi) is 3.72. The first-order chi connectivity index (χ1) is 10.6. The van der Waals surface area contributed by atoms with E-state index in [1.54, 1.807) is 11.6 Å². The summed E-state index contributed by atoms with van der Waals surface area (Å²) in [5, 5.41) is 9.06. The molecule has 0 fully saturated rings. The summed E-state index contributed by atoms with van der Waals surface area (Å²) in [5.74, 6) is -0.380. The van der Waals surface area contributed by atoms with E-state index in [9.17, 15) is 4.79 Å². The number of para-hydroxylation sites is 1. The molecule has 0 aliphatic carbocycles. The van der Waals surface area contributed by atoms with Crippen LogP contribution in [0.2, 0.25) is 0 Å². The number of thiazole rings is 1. The zero-order chi connectivity index (χ0) is 15.7. The van der Waals surface area contributed by atoms with Gasteiger partial charge in [0.2, 0.25) is 0 Å². The predicted molar refractivity (Wildman–Crippen MR) is 83.3 cm³/mol. The molecular formula is C15H14N4O2S. The minimum absolute atomic E-state index is 0.380. The van der Waals surface area contributed by atoms with Gasteiger partial charge in [-0.25, -0.2) is 14.5 Å². The molecule has 6 nitrogen and oxygen atoms in total. The number of aryl methyl sites for hydroxylation is 1. The van der Waals surface area contributed by atoms with Crippen molar-refractivity contribution in [2.75, 3.05) is 7.11 Å². The number of carbonyl (C=O) groups is 1. The van der Waals surface area contributed by atoms with E-state index in [4.69, 9.17) is 4.74 Å². The fourth-order valence-corrected chi connectivity index (χ4v) is 3.14. The maximum Gasteiger partial charge on any atom is 0.349 e. The van der Waals surface area contributed by atoms with Gasteiger partial charge in [0.05, 0.1) is 24.2 Å². The van der Waals surface area contributed by atoms with Crippen molar-refractivity contribution >= 4 is 17.3 Å². The molecule has 0 aliphatic rings. The molecule has 0 radical (unpaired) electrons. The zero-order valence-electron chi connectivity index (χ0n) is 12.4. The number of rotatable bonds is 3. The van der Waals surface area contributed by atoms with E-state index in [0.717, 1.165) is 11.4 Å². The summed E-state index contributed by atoms with van der Waals surface area (Å²) in [6.07, 6.45) is 0. The average Bonchev–Trinajstić information content (AvgIpc) is 3.10. The molecule has 0 aliphatic heterocycles. The molecule has 2 heterocycles. The number of esters is 1. The molecule has 0 atom stereocenters. The second-order valence-electron chi connectivity index (χ2n) is 4.70. The molecule has 0 amide bonds. The van der Waals surface area contributed by atoms with Crippen molar-refractivity contribution in [3.05, 3.63) is 46.6 Å². The van der Waals surface area contributed by atoms with Crippen LogP contribution in [0, 0.1) is 13.8 Å². The van der Waals surface area contributed by atoms with Crippen LogP contribution in [-0.2, 0) is 4.74 Å². The SMILES string of the molecule is COC(=O)c1sc(-c2nnn(-c3ccccc3)c2C)nc1C. The van der Waals surface area contributed by atoms with Crippen LogP contribution in [-0.4, -0.2) is 33.1 Å². The topological polar surface area (TPSA) is 69.9 Å². The number of aromatic nitrogens is 4. The van der Waals surface area contributed by atoms with Gasteiger partial charge in [-0.2, -0.15) is 0 Å². The fourth-order valence-electron chi connectivity index (χ4n) is 2.12. The first-order valence-electron chi connectivity index (χ1n) is 6.65. The molecule has 0 spiro atoms. The molecule has 0 bridgehead atoms. The van der Waals surface area contributed by atoms with Gasteiger partial charge in [0.25, 0.3) is 0 Å². The van der Waals surface area contributed by atoms with Crippen molar-refractivity contribution in [1.29, 1.82) is 0 Å². The maximum atomic E-state index is 11.7. The van der Waals surface area contributed by atoms with Gasteiger partial charge >= 0.3 is 5.97 Å². The van der Waals surface area contributed by atoms with Crippen LogP contribution in [0.15, 0.2) is 30.3 Å². The second kappa shape index (κ2) is 5.69. The number of hydrogen-bond donors (Lipinski definition) is 0. The summed E-state index contributed by atoms with van der Waals surface area (Å²) in [6.45, 7) is 3.71. The van der Waals surface area contributed by atoms with Crippen molar-refractivity contribution in [3.8, 4) is 16.4 Å². The Balaban J connectivity index is 2.04. The molecular weight excluding hydrogens is 300 g/mol. The summed E-state index contributed by atoms with van der Waals surface area (Å²) < 4.78 is 6.52. The van der Waals surface area contributed by atoms with Gasteiger partial charge in [0.1, 0.15) is 15.6 Å². The Bertz CT molecular complexity index is 823. The highest BCUT2D eigenvalue weighted by Crippen LogP contribution is 2.29. The van der Waals surface area contributed by atoms with Gasteiger partial charge in [-0.15, -0.1) is 16.4 Å². The van der Waals surface area contributed by atoms with Crippen LogP contribution in [0.25, 0.3) is 16.4 Å². The molecule has 112 valence electrons. The minimum Gasteiger partial charge on any atom is -0.465 e. The number of nitrogens with zero attached hydrogens (tertiary/aromatic N) is 4. The van der Waals surface area contributed by atoms with E-state index in [1.165, 1.54) is 18.4 Å². The third kappa shape index (κ3) is 2.39. The number of ether oxygens (including phenoxy) is 1. The van der Waals surface area contributed by atoms with Gasteiger partial charge in [-0.1, -0.05) is 23.4 Å². The second-order valence-corrected chi connectivity index (χ2v) is 5.70. The van der Waals surface area contributed by atoms with E-state index in [1.807, 2.05) is 37.3 Å². The lowest BCUT2D eigenvalue weighted by atomic mass is 10.3. The molecule has 3 rings (SSSR count). The Morgan fingerprint density at radius 3 is 2.64 bits per heavy atom. The smallest absolute Gasteiger partial charge is 0.349 e. The molecule has 22 heavy (non-hydrogen) atoms. The van der Waals surface area contributed by atoms with Gasteiger partial charge in [-0.05, 0) is 26.0 Å². The number of benzene rings is 1. The lowest BCUT2D eigenvalue weighted by molar-refractivity contribution is 0.0605. The van der Waals surface area contributed by atoms with Crippen LogP contribution in [0.5, 0.6) is 0 Å². The van der Waals surface area contributed by atoms with Crippen molar-refractivity contribution < 1.29 is 9.53 Å². The van der Waals surface area contributed by atoms with Gasteiger partial charge in [-0.3, -0.25) is 0 Å². The first kappa shape index (κ1) is 14.4. The maximum absolute atomic E-state index is 11.7. The lowest BCUT2D eigenvalue weighted by Gasteiger charge is -2.02. The summed E-state index contributed by atoms with van der Waals surface area (Å²) in [5.41, 5.74) is 3.12. The van der Waals surface area contributed by atoms with Crippen LogP contribution >= 0.6 is 11.3 Å². The largest absolute Gasteiger partial charge is 0.465 e. The highest BCUT2D eigenvalue weighted by atomic mass is 32.1. The van der Waals surface area contributed by atoms with Crippen LogP contribution in [0.1, 0.15) is 21.1 Å². The molecule has 0 N–H and O–H groups in total. The zero-order valence-corrected chi connectivity index (χ0v) is 13.2. The van der Waals surface area contributed by atoms with Crippen LogP contribution in [0.4, 0.5) is 0 Å². The fraction of sp³-hybridized carbons (Fsp3) is 0.200. The molecule has 2 aromatic heterocycles. The normalized spacial score (nSPS) is 10.7. The van der Waals surface area contributed by atoms with Gasteiger partial charge in [0.15, 0.2) is 0 Å². The Morgan fingerprint density at radius 2 is 1.95 bits per heavy atom. The number of hydrogen-bond acceptors (Lipinski definition) is 6. The monoisotopic (exact) mass is 314 g/mol. The molecule has 7 heteroatoms. The molecule has 0 saturated heterocycles. The third-order valence-electron chi connectivity index (χ3n) is 3.27. The minimum atomic E-state index is -0.380. The number of methoxy groups -OCH3 is 1. The highest BCUT2D eigenvalue weighted by molar-refractivity contribution is 7.17. The molecule has 0 saturated carbocycles. The molecule has 1 aromatic carbocycles. The van der Waals surface area contributed by atoms with Crippen LogP contribution < -0.4 is 0 Å². The first-order valence-corrected chi connectivity index (χ1v) is 7.47. The van der Waals surface area contributed by atoms with Gasteiger partial charge < -0.3 is 4.74 Å². The van der Waals surface area contributed by atoms with E-state index in [0.29, 0.717) is 21.3 Å². The molecule has 0 unspecified atom stereocenters. The van der Waals surface area contributed by atoms with E-state index in [2.05, 4.69) is 15.3 Å². The summed E-state index contributed by atoms with van der Waals surface area (Å²) >= 11 is 1.27. The number of carbonyl (C=O) groups excluding carboxylic acids is 1. The Hall–Kier alpha value is -2.54. The summed E-state index contributed by atoms with van der Waals surface area (Å²) in [7, 11) is 1.36. The van der Waals surface area contributed by atoms with Crippen molar-refractivity contribution in [1.82, 2.24) is 20.0 Å². The average molecular weight is 314 g/mol. The van der Waals surface area contributed by atoms with E-state index < -0.39 is 0 Å². The van der Waals surface area contributed by atoms with Gasteiger partial charge in [0, 0.05) is 0 Å². The highest BCUT2D eigenvalue weighted by Gasteiger charge is 2.20. The van der Waals surface area contributed by atoms with Crippen LogP contribution in [0.3, 0.4) is 0 Å². The van der Waals surface area contributed by atoms with E-state index in [-0.39, 0.29) is 5.97 Å². The standard InChI is InChI=1S/C15H14N4O2S/c1-9-13(15(20)21-3)22-14(16-9)12-10(2)19(18-17-12)11-7-5-4-6-8-11/h4-8H,1-3H3. The predicted octanol–water partition coefficient (Wildman–Crippen LogP) is 2.79. The third-order valence-corrected chi connectivity index (χ3v) is 4.41. The van der Waals surface area contributed by atoms with Crippen molar-refractivity contribution in [2.45, 2.75) is 13.8 Å². The van der Waals surface area contributed by atoms with Crippen molar-refractivity contribution in [3.63, 3.8) is 0 Å². The summed E-state index contributed by atoms with van der Waals surface area (Å²) in [6, 6.07) is 9.75. The summed E-state index contributed by atoms with van der Waals surface area (Å²) in [4.78, 5) is 16.6. The van der Waals surface area contributed by atoms with E-state index >= 15 is 0 Å². The Labute approximate surface area is 131 Å². The Morgan fingerprint density at radius 1 is 1.23 bits per heavy atom. The van der Waals surface area contributed by atoms with Crippen molar-refractivity contribution in [2.24, 2.45) is 0 Å². The molecule has 3 aromatic rings.